The minimum atomic E-state index is -0.333. The number of rotatable bonds is 3. The molecular formula is C14H11BrFNO. The molecule has 1 heterocycles. The van der Waals surface area contributed by atoms with Gasteiger partial charge in [0.15, 0.2) is 5.78 Å². The summed E-state index contributed by atoms with van der Waals surface area (Å²) in [6.07, 6.45) is 1.82. The SMILES string of the molecule is Cc1cccnc1C(=O)Cc1ccc(F)c(Br)c1. The summed E-state index contributed by atoms with van der Waals surface area (Å²) in [4.78, 5) is 16.1. The van der Waals surface area contributed by atoms with Crippen molar-refractivity contribution in [3.8, 4) is 0 Å². The lowest BCUT2D eigenvalue weighted by atomic mass is 10.0. The van der Waals surface area contributed by atoms with Crippen molar-refractivity contribution in [1.82, 2.24) is 4.98 Å². The summed E-state index contributed by atoms with van der Waals surface area (Å²) in [5.74, 6) is -0.396. The fourth-order valence-corrected chi connectivity index (χ4v) is 2.12. The Morgan fingerprint density at radius 3 is 2.83 bits per heavy atom. The van der Waals surface area contributed by atoms with E-state index < -0.39 is 0 Å². The van der Waals surface area contributed by atoms with Gasteiger partial charge in [0.1, 0.15) is 11.5 Å². The van der Waals surface area contributed by atoms with Crippen LogP contribution in [0.15, 0.2) is 41.0 Å². The Kier molecular flexibility index (Phi) is 3.87. The highest BCUT2D eigenvalue weighted by molar-refractivity contribution is 9.10. The highest BCUT2D eigenvalue weighted by Gasteiger charge is 2.11. The number of hydrogen-bond acceptors (Lipinski definition) is 2. The maximum absolute atomic E-state index is 13.1. The third kappa shape index (κ3) is 2.82. The smallest absolute Gasteiger partial charge is 0.185 e. The van der Waals surface area contributed by atoms with Crippen LogP contribution in [0, 0.1) is 12.7 Å². The zero-order valence-corrected chi connectivity index (χ0v) is 11.4. The maximum Gasteiger partial charge on any atom is 0.185 e. The number of ketones is 1. The average Bonchev–Trinajstić information content (AvgIpc) is 2.34. The Morgan fingerprint density at radius 2 is 2.17 bits per heavy atom. The van der Waals surface area contributed by atoms with Crippen LogP contribution in [0.2, 0.25) is 0 Å². The molecule has 1 aromatic heterocycles. The minimum absolute atomic E-state index is 0.0633. The molecular weight excluding hydrogens is 297 g/mol. The molecule has 4 heteroatoms. The lowest BCUT2D eigenvalue weighted by Gasteiger charge is -2.04. The van der Waals surface area contributed by atoms with Gasteiger partial charge in [-0.2, -0.15) is 0 Å². The average molecular weight is 308 g/mol. The second kappa shape index (κ2) is 5.40. The number of carbonyl (C=O) groups excluding carboxylic acids is 1. The van der Waals surface area contributed by atoms with Crippen LogP contribution in [0.5, 0.6) is 0 Å². The third-order valence-electron chi connectivity index (χ3n) is 2.62. The summed E-state index contributed by atoms with van der Waals surface area (Å²) in [5.41, 5.74) is 2.08. The molecule has 92 valence electrons. The van der Waals surface area contributed by atoms with Gasteiger partial charge >= 0.3 is 0 Å². The van der Waals surface area contributed by atoms with Crippen LogP contribution < -0.4 is 0 Å². The number of carbonyl (C=O) groups is 1. The van der Waals surface area contributed by atoms with Crippen molar-refractivity contribution < 1.29 is 9.18 Å². The van der Waals surface area contributed by atoms with Crippen LogP contribution in [0.1, 0.15) is 21.6 Å². The number of aromatic nitrogens is 1. The molecule has 0 N–H and O–H groups in total. The molecule has 0 aliphatic carbocycles. The van der Waals surface area contributed by atoms with E-state index in [1.807, 2.05) is 13.0 Å². The lowest BCUT2D eigenvalue weighted by molar-refractivity contribution is 0.0987. The second-order valence-corrected chi connectivity index (χ2v) is 4.87. The molecule has 0 unspecified atom stereocenters. The zero-order chi connectivity index (χ0) is 13.1. The van der Waals surface area contributed by atoms with Crippen molar-refractivity contribution in [2.75, 3.05) is 0 Å². The summed E-state index contributed by atoms with van der Waals surface area (Å²) < 4.78 is 13.4. The van der Waals surface area contributed by atoms with Crippen LogP contribution in [0.3, 0.4) is 0 Å². The van der Waals surface area contributed by atoms with Crippen molar-refractivity contribution >= 4 is 21.7 Å². The number of aryl methyl sites for hydroxylation is 1. The standard InChI is InChI=1S/C14H11BrFNO/c1-9-3-2-6-17-14(9)13(18)8-10-4-5-12(16)11(15)7-10/h2-7H,8H2,1H3. The second-order valence-electron chi connectivity index (χ2n) is 4.02. The number of halogens is 2. The quantitative estimate of drug-likeness (QED) is 0.809. The molecule has 0 radical (unpaired) electrons. The van der Waals surface area contributed by atoms with Gasteiger partial charge in [-0.15, -0.1) is 0 Å². The molecule has 18 heavy (non-hydrogen) atoms. The Morgan fingerprint density at radius 1 is 1.39 bits per heavy atom. The van der Waals surface area contributed by atoms with Crippen molar-refractivity contribution in [3.63, 3.8) is 0 Å². The molecule has 0 bridgehead atoms. The Hall–Kier alpha value is -1.55. The summed E-state index contributed by atoms with van der Waals surface area (Å²) in [7, 11) is 0. The predicted octanol–water partition coefficient (Wildman–Crippen LogP) is 3.72. The van der Waals surface area contributed by atoms with E-state index in [2.05, 4.69) is 20.9 Å². The van der Waals surface area contributed by atoms with E-state index in [1.165, 1.54) is 6.07 Å². The van der Waals surface area contributed by atoms with Crippen molar-refractivity contribution in [2.24, 2.45) is 0 Å². The van der Waals surface area contributed by atoms with E-state index in [0.717, 1.165) is 11.1 Å². The van der Waals surface area contributed by atoms with Gasteiger partial charge in [-0.05, 0) is 52.2 Å². The van der Waals surface area contributed by atoms with E-state index in [1.54, 1.807) is 24.4 Å². The van der Waals surface area contributed by atoms with Gasteiger partial charge < -0.3 is 0 Å². The molecule has 0 aliphatic rings. The molecule has 0 saturated heterocycles. The number of benzene rings is 1. The monoisotopic (exact) mass is 307 g/mol. The summed E-state index contributed by atoms with van der Waals surface area (Å²) in [5, 5.41) is 0. The maximum atomic E-state index is 13.1. The fourth-order valence-electron chi connectivity index (χ4n) is 1.70. The van der Waals surface area contributed by atoms with Crippen molar-refractivity contribution in [3.05, 3.63) is 63.6 Å². The third-order valence-corrected chi connectivity index (χ3v) is 3.23. The van der Waals surface area contributed by atoms with Crippen LogP contribution >= 0.6 is 15.9 Å². The van der Waals surface area contributed by atoms with Gasteiger partial charge in [-0.1, -0.05) is 12.1 Å². The Labute approximate surface area is 113 Å². The highest BCUT2D eigenvalue weighted by Crippen LogP contribution is 2.18. The molecule has 2 aromatic rings. The molecule has 0 spiro atoms. The molecule has 2 rings (SSSR count). The van der Waals surface area contributed by atoms with Crippen LogP contribution in [0.25, 0.3) is 0 Å². The van der Waals surface area contributed by atoms with E-state index in [4.69, 9.17) is 0 Å². The number of hydrogen-bond donors (Lipinski definition) is 0. The van der Waals surface area contributed by atoms with Crippen molar-refractivity contribution in [1.29, 1.82) is 0 Å². The first-order valence-corrected chi connectivity index (χ1v) is 6.26. The first-order valence-electron chi connectivity index (χ1n) is 5.46. The van der Waals surface area contributed by atoms with Crippen LogP contribution in [0.4, 0.5) is 4.39 Å². The first-order chi connectivity index (χ1) is 8.58. The zero-order valence-electron chi connectivity index (χ0n) is 9.78. The van der Waals surface area contributed by atoms with Gasteiger partial charge in [0.25, 0.3) is 0 Å². The highest BCUT2D eigenvalue weighted by atomic mass is 79.9. The first kappa shape index (κ1) is 12.9. The molecule has 0 aliphatic heterocycles. The fraction of sp³-hybridized carbons (Fsp3) is 0.143. The number of Topliss-reactive ketones (excluding diaryl/α,β-unsaturated/α-hetero) is 1. The molecule has 0 saturated carbocycles. The molecule has 1 aromatic carbocycles. The van der Waals surface area contributed by atoms with Gasteiger partial charge in [-0.25, -0.2) is 4.39 Å². The van der Waals surface area contributed by atoms with Crippen LogP contribution in [-0.2, 0) is 6.42 Å². The summed E-state index contributed by atoms with van der Waals surface area (Å²) in [6, 6.07) is 8.21. The van der Waals surface area contributed by atoms with E-state index in [0.29, 0.717) is 10.2 Å². The molecule has 0 atom stereocenters. The largest absolute Gasteiger partial charge is 0.292 e. The van der Waals surface area contributed by atoms with E-state index >= 15 is 0 Å². The van der Waals surface area contributed by atoms with Gasteiger partial charge in [0.2, 0.25) is 0 Å². The van der Waals surface area contributed by atoms with E-state index in [9.17, 15) is 9.18 Å². The van der Waals surface area contributed by atoms with E-state index in [-0.39, 0.29) is 18.0 Å². The van der Waals surface area contributed by atoms with Crippen LogP contribution in [-0.4, -0.2) is 10.8 Å². The van der Waals surface area contributed by atoms with Gasteiger partial charge in [-0.3, -0.25) is 9.78 Å². The predicted molar refractivity (Wildman–Crippen MR) is 71.1 cm³/mol. The van der Waals surface area contributed by atoms with Gasteiger partial charge in [0, 0.05) is 12.6 Å². The molecule has 0 fully saturated rings. The Bertz CT molecular complexity index is 598. The lowest BCUT2D eigenvalue weighted by Crippen LogP contribution is -2.08. The normalized spacial score (nSPS) is 10.4. The Balaban J connectivity index is 2.22. The summed E-state index contributed by atoms with van der Waals surface area (Å²) in [6.45, 7) is 1.85. The van der Waals surface area contributed by atoms with Gasteiger partial charge in [0.05, 0.1) is 4.47 Å². The minimum Gasteiger partial charge on any atom is -0.292 e. The molecule has 0 amide bonds. The number of nitrogens with zero attached hydrogens (tertiary/aromatic N) is 1. The van der Waals surface area contributed by atoms with Crippen molar-refractivity contribution in [2.45, 2.75) is 13.3 Å². The molecule has 2 nitrogen and oxygen atoms in total. The summed E-state index contributed by atoms with van der Waals surface area (Å²) >= 11 is 3.10. The number of pyridine rings is 1. The topological polar surface area (TPSA) is 30.0 Å².